The molecule has 1 N–H and O–H groups in total. The van der Waals surface area contributed by atoms with Crippen LogP contribution in [0, 0.1) is 13.8 Å². The Morgan fingerprint density at radius 2 is 1.73 bits per heavy atom. The minimum absolute atomic E-state index is 0.250. The smallest absolute Gasteiger partial charge is 0.411 e. The molecular weight excluding hydrogens is 282 g/mol. The van der Waals surface area contributed by atoms with E-state index in [4.69, 9.17) is 4.74 Å². The Kier molecular flexibility index (Phi) is 5.58. The minimum Gasteiger partial charge on any atom is -0.479 e. The van der Waals surface area contributed by atoms with Gasteiger partial charge in [0, 0.05) is 6.54 Å². The molecule has 1 rings (SSSR count). The first-order valence-corrected chi connectivity index (χ1v) is 7.37. The predicted molar refractivity (Wildman–Crippen MR) is 84.9 cm³/mol. The maximum atomic E-state index is 12.4. The molecule has 0 aliphatic rings. The van der Waals surface area contributed by atoms with Crippen LogP contribution in [0.5, 0.6) is 0 Å². The fraction of sp³-hybridized carbons (Fsp3) is 0.529. The molecule has 1 unspecified atom stereocenters. The summed E-state index contributed by atoms with van der Waals surface area (Å²) in [5.41, 5.74) is 1.65. The third-order valence-electron chi connectivity index (χ3n) is 3.33. The molecule has 0 aromatic heterocycles. The lowest BCUT2D eigenvalue weighted by molar-refractivity contribution is -0.143. The van der Waals surface area contributed by atoms with Crippen LogP contribution in [-0.2, 0) is 9.53 Å². The number of hydrogen-bond donors (Lipinski definition) is 1. The van der Waals surface area contributed by atoms with E-state index in [0.717, 1.165) is 11.1 Å². The van der Waals surface area contributed by atoms with Gasteiger partial charge in [-0.1, -0.05) is 18.2 Å². The summed E-state index contributed by atoms with van der Waals surface area (Å²) < 4.78 is 5.35. The van der Waals surface area contributed by atoms with Gasteiger partial charge in [0.05, 0.1) is 0 Å². The summed E-state index contributed by atoms with van der Waals surface area (Å²) >= 11 is 0. The summed E-state index contributed by atoms with van der Waals surface area (Å²) in [4.78, 5) is 25.5. The molecule has 0 fully saturated rings. The molecule has 0 saturated carbocycles. The molecular formula is C17H25NO4. The zero-order valence-corrected chi connectivity index (χ0v) is 14.1. The SMILES string of the molecule is CCN(C(=O)OC(C)(C)C)C(C(=O)O)c1c(C)cccc1C. The van der Waals surface area contributed by atoms with E-state index in [1.165, 1.54) is 4.90 Å². The van der Waals surface area contributed by atoms with Gasteiger partial charge < -0.3 is 9.84 Å². The van der Waals surface area contributed by atoms with E-state index in [1.807, 2.05) is 32.0 Å². The van der Waals surface area contributed by atoms with Crippen molar-refractivity contribution in [3.8, 4) is 0 Å². The number of rotatable bonds is 4. The van der Waals surface area contributed by atoms with E-state index in [0.29, 0.717) is 5.56 Å². The van der Waals surface area contributed by atoms with Crippen LogP contribution in [0.1, 0.15) is 50.4 Å². The molecule has 1 aromatic carbocycles. The van der Waals surface area contributed by atoms with Crippen molar-refractivity contribution in [2.75, 3.05) is 6.54 Å². The number of likely N-dealkylation sites (N-methyl/N-ethyl adjacent to an activating group) is 1. The first-order valence-electron chi connectivity index (χ1n) is 7.37. The zero-order valence-electron chi connectivity index (χ0n) is 14.1. The first-order chi connectivity index (χ1) is 10.1. The fourth-order valence-electron chi connectivity index (χ4n) is 2.41. The van der Waals surface area contributed by atoms with Crippen LogP contribution in [0.25, 0.3) is 0 Å². The number of carboxylic acids is 1. The Bertz CT molecular complexity index is 540. The number of carbonyl (C=O) groups is 2. The van der Waals surface area contributed by atoms with E-state index >= 15 is 0 Å². The standard InChI is InChI=1S/C17H25NO4/c1-7-18(16(21)22-17(4,5)6)14(15(19)20)13-11(2)9-8-10-12(13)3/h8-10,14H,7H2,1-6H3,(H,19,20). The van der Waals surface area contributed by atoms with E-state index < -0.39 is 23.7 Å². The lowest BCUT2D eigenvalue weighted by atomic mass is 9.95. The molecule has 122 valence electrons. The van der Waals surface area contributed by atoms with Crippen molar-refractivity contribution < 1.29 is 19.4 Å². The summed E-state index contributed by atoms with van der Waals surface area (Å²) in [6, 6.07) is 4.51. The van der Waals surface area contributed by atoms with E-state index in [-0.39, 0.29) is 6.54 Å². The molecule has 0 radical (unpaired) electrons. The fourth-order valence-corrected chi connectivity index (χ4v) is 2.41. The summed E-state index contributed by atoms with van der Waals surface area (Å²) in [5, 5.41) is 9.67. The van der Waals surface area contributed by atoms with Crippen LogP contribution in [-0.4, -0.2) is 34.2 Å². The molecule has 0 aliphatic carbocycles. The quantitative estimate of drug-likeness (QED) is 0.921. The van der Waals surface area contributed by atoms with Crippen molar-refractivity contribution in [2.45, 2.75) is 53.2 Å². The highest BCUT2D eigenvalue weighted by molar-refractivity contribution is 5.82. The van der Waals surface area contributed by atoms with Gasteiger partial charge >= 0.3 is 12.1 Å². The van der Waals surface area contributed by atoms with Crippen LogP contribution in [0.3, 0.4) is 0 Å². The lowest BCUT2D eigenvalue weighted by Gasteiger charge is -2.32. The molecule has 0 bridgehead atoms. The molecule has 22 heavy (non-hydrogen) atoms. The summed E-state index contributed by atoms with van der Waals surface area (Å²) in [6.45, 7) is 11.0. The van der Waals surface area contributed by atoms with Crippen LogP contribution >= 0.6 is 0 Å². The molecule has 0 heterocycles. The molecule has 1 amide bonds. The maximum absolute atomic E-state index is 12.4. The normalized spacial score (nSPS) is 12.6. The molecule has 0 spiro atoms. The average Bonchev–Trinajstić information content (AvgIpc) is 2.34. The Morgan fingerprint density at radius 1 is 1.23 bits per heavy atom. The minimum atomic E-state index is -1.06. The molecule has 0 aliphatic heterocycles. The van der Waals surface area contributed by atoms with Crippen molar-refractivity contribution in [1.82, 2.24) is 4.90 Å². The summed E-state index contributed by atoms with van der Waals surface area (Å²) in [6.07, 6.45) is -0.620. The van der Waals surface area contributed by atoms with Gasteiger partial charge in [0.1, 0.15) is 5.60 Å². The van der Waals surface area contributed by atoms with E-state index in [9.17, 15) is 14.7 Å². The largest absolute Gasteiger partial charge is 0.479 e. The van der Waals surface area contributed by atoms with Gasteiger partial charge in [-0.05, 0) is 58.2 Å². The van der Waals surface area contributed by atoms with Gasteiger partial charge in [0.25, 0.3) is 0 Å². The third kappa shape index (κ3) is 4.23. The van der Waals surface area contributed by atoms with Crippen LogP contribution in [0.15, 0.2) is 18.2 Å². The van der Waals surface area contributed by atoms with Crippen molar-refractivity contribution in [3.63, 3.8) is 0 Å². The number of carboxylic acid groups (broad SMARTS) is 1. The maximum Gasteiger partial charge on any atom is 0.411 e. The Hall–Kier alpha value is -2.04. The van der Waals surface area contributed by atoms with Crippen molar-refractivity contribution in [1.29, 1.82) is 0 Å². The zero-order chi connectivity index (χ0) is 17.1. The number of carbonyl (C=O) groups excluding carboxylic acids is 1. The Balaban J connectivity index is 3.29. The first kappa shape index (κ1) is 18.0. The van der Waals surface area contributed by atoms with Gasteiger partial charge in [-0.25, -0.2) is 9.59 Å². The Labute approximate surface area is 131 Å². The van der Waals surface area contributed by atoms with Crippen LogP contribution in [0.4, 0.5) is 4.79 Å². The van der Waals surface area contributed by atoms with Gasteiger partial charge in [-0.2, -0.15) is 0 Å². The van der Waals surface area contributed by atoms with Crippen molar-refractivity contribution in [3.05, 3.63) is 34.9 Å². The highest BCUT2D eigenvalue weighted by atomic mass is 16.6. The van der Waals surface area contributed by atoms with Gasteiger partial charge in [-0.15, -0.1) is 0 Å². The average molecular weight is 307 g/mol. The highest BCUT2D eigenvalue weighted by Crippen LogP contribution is 2.28. The number of aryl methyl sites for hydroxylation is 2. The number of aliphatic carboxylic acids is 1. The predicted octanol–water partition coefficient (Wildman–Crippen LogP) is 3.69. The number of nitrogens with zero attached hydrogens (tertiary/aromatic N) is 1. The monoisotopic (exact) mass is 307 g/mol. The van der Waals surface area contributed by atoms with Gasteiger partial charge in [0.15, 0.2) is 6.04 Å². The number of benzene rings is 1. The van der Waals surface area contributed by atoms with Crippen LogP contribution < -0.4 is 0 Å². The van der Waals surface area contributed by atoms with Crippen molar-refractivity contribution in [2.24, 2.45) is 0 Å². The number of hydrogen-bond acceptors (Lipinski definition) is 3. The molecule has 1 aromatic rings. The second-order valence-electron chi connectivity index (χ2n) is 6.31. The van der Waals surface area contributed by atoms with E-state index in [1.54, 1.807) is 27.7 Å². The lowest BCUT2D eigenvalue weighted by Crippen LogP contribution is -2.42. The Morgan fingerprint density at radius 3 is 2.09 bits per heavy atom. The number of ether oxygens (including phenoxy) is 1. The third-order valence-corrected chi connectivity index (χ3v) is 3.33. The summed E-state index contributed by atoms with van der Waals surface area (Å²) in [7, 11) is 0. The molecule has 5 nitrogen and oxygen atoms in total. The second-order valence-corrected chi connectivity index (χ2v) is 6.31. The molecule has 1 atom stereocenters. The topological polar surface area (TPSA) is 66.8 Å². The summed E-state index contributed by atoms with van der Waals surface area (Å²) in [5.74, 6) is -1.06. The second kappa shape index (κ2) is 6.81. The van der Waals surface area contributed by atoms with Gasteiger partial charge in [0.2, 0.25) is 0 Å². The van der Waals surface area contributed by atoms with Crippen LogP contribution in [0.2, 0.25) is 0 Å². The van der Waals surface area contributed by atoms with Crippen molar-refractivity contribution >= 4 is 12.1 Å². The van der Waals surface area contributed by atoms with E-state index in [2.05, 4.69) is 0 Å². The molecule has 0 saturated heterocycles. The van der Waals surface area contributed by atoms with Gasteiger partial charge in [-0.3, -0.25) is 4.90 Å². The highest BCUT2D eigenvalue weighted by Gasteiger charge is 2.34. The molecule has 5 heteroatoms. The number of amides is 1.